The molecule has 1 aromatic rings. The maximum atomic E-state index is 13.4. The molecule has 0 spiro atoms. The molecule has 1 aromatic carbocycles. The topological polar surface area (TPSA) is 29.5 Å². The maximum absolute atomic E-state index is 13.4. The Morgan fingerprint density at radius 1 is 1.55 bits per heavy atom. The van der Waals surface area contributed by atoms with Crippen molar-refractivity contribution in [2.75, 3.05) is 26.2 Å². The second-order valence-electron chi connectivity index (χ2n) is 5.02. The zero-order valence-corrected chi connectivity index (χ0v) is 12.3. The van der Waals surface area contributed by atoms with Crippen molar-refractivity contribution in [2.24, 2.45) is 0 Å². The number of morpholine rings is 1. The van der Waals surface area contributed by atoms with Gasteiger partial charge in [-0.15, -0.1) is 0 Å². The minimum Gasteiger partial charge on any atom is -0.368 e. The summed E-state index contributed by atoms with van der Waals surface area (Å²) in [7, 11) is 0. The Balaban J connectivity index is 1.99. The van der Waals surface area contributed by atoms with Crippen molar-refractivity contribution < 1.29 is 13.9 Å². The largest absolute Gasteiger partial charge is 0.368 e. The molecule has 1 heterocycles. The molecular weight excluding hydrogens is 281 g/mol. The number of ketones is 1. The molecule has 1 atom stereocenters. The van der Waals surface area contributed by atoms with E-state index < -0.39 is 11.9 Å². The van der Waals surface area contributed by atoms with Gasteiger partial charge in [-0.2, -0.15) is 0 Å². The lowest BCUT2D eigenvalue weighted by molar-refractivity contribution is -0.135. The first-order valence-corrected chi connectivity index (χ1v) is 7.29. The Bertz CT molecular complexity index is 479. The van der Waals surface area contributed by atoms with Gasteiger partial charge in [-0.3, -0.25) is 9.69 Å². The highest BCUT2D eigenvalue weighted by Gasteiger charge is 2.26. The van der Waals surface area contributed by atoms with Gasteiger partial charge >= 0.3 is 0 Å². The summed E-state index contributed by atoms with van der Waals surface area (Å²) in [5.41, 5.74) is 0.521. The van der Waals surface area contributed by atoms with Gasteiger partial charge in [0.15, 0.2) is 5.78 Å². The van der Waals surface area contributed by atoms with Crippen LogP contribution < -0.4 is 0 Å². The number of benzene rings is 1. The monoisotopic (exact) mass is 299 g/mol. The van der Waals surface area contributed by atoms with Crippen LogP contribution in [0, 0.1) is 5.82 Å². The Labute approximate surface area is 123 Å². The van der Waals surface area contributed by atoms with E-state index in [1.165, 1.54) is 6.07 Å². The van der Waals surface area contributed by atoms with E-state index >= 15 is 0 Å². The zero-order chi connectivity index (χ0) is 14.5. The molecule has 0 amide bonds. The summed E-state index contributed by atoms with van der Waals surface area (Å²) in [6.45, 7) is 5.11. The van der Waals surface area contributed by atoms with Crippen LogP contribution in [0.15, 0.2) is 18.2 Å². The summed E-state index contributed by atoms with van der Waals surface area (Å²) >= 11 is 5.88. The van der Waals surface area contributed by atoms with Crippen LogP contribution in [0.3, 0.4) is 0 Å². The van der Waals surface area contributed by atoms with Crippen LogP contribution in [0.2, 0.25) is 5.02 Å². The van der Waals surface area contributed by atoms with Crippen molar-refractivity contribution in [1.82, 2.24) is 4.90 Å². The molecule has 2 rings (SSSR count). The van der Waals surface area contributed by atoms with Crippen LogP contribution in [0.25, 0.3) is 0 Å². The highest BCUT2D eigenvalue weighted by Crippen LogP contribution is 2.21. The summed E-state index contributed by atoms with van der Waals surface area (Å²) in [5.74, 6) is -0.535. The molecule has 20 heavy (non-hydrogen) atoms. The third kappa shape index (κ3) is 3.78. The van der Waals surface area contributed by atoms with Gasteiger partial charge in [0.05, 0.1) is 11.6 Å². The summed E-state index contributed by atoms with van der Waals surface area (Å²) < 4.78 is 18.9. The molecule has 0 radical (unpaired) electrons. The number of hydrogen-bond acceptors (Lipinski definition) is 3. The number of nitrogens with zero attached hydrogens (tertiary/aromatic N) is 1. The van der Waals surface area contributed by atoms with E-state index in [-0.39, 0.29) is 17.2 Å². The van der Waals surface area contributed by atoms with Crippen molar-refractivity contribution >= 4 is 17.4 Å². The van der Waals surface area contributed by atoms with Crippen molar-refractivity contribution in [3.63, 3.8) is 0 Å². The maximum Gasteiger partial charge on any atom is 0.167 e. The van der Waals surface area contributed by atoms with Gasteiger partial charge in [0.1, 0.15) is 11.9 Å². The molecule has 1 fully saturated rings. The Morgan fingerprint density at radius 3 is 3.10 bits per heavy atom. The summed E-state index contributed by atoms with van der Waals surface area (Å²) in [4.78, 5) is 14.5. The number of hydrogen-bond donors (Lipinski definition) is 0. The van der Waals surface area contributed by atoms with Gasteiger partial charge in [-0.25, -0.2) is 4.39 Å². The molecule has 1 aliphatic rings. The first kappa shape index (κ1) is 15.4. The molecule has 5 heteroatoms. The van der Waals surface area contributed by atoms with Gasteiger partial charge in [0.25, 0.3) is 0 Å². The Hall–Kier alpha value is -0.970. The molecule has 0 bridgehead atoms. The number of ether oxygens (including phenoxy) is 1. The van der Waals surface area contributed by atoms with Gasteiger partial charge in [-0.05, 0) is 24.6 Å². The minimum absolute atomic E-state index is 0.0297. The molecule has 3 nitrogen and oxygen atoms in total. The number of rotatable bonds is 5. The SMILES string of the molecule is CCCN1CCOC(C(=O)Cc2cccc(F)c2Cl)C1. The van der Waals surface area contributed by atoms with E-state index in [1.807, 2.05) is 0 Å². The molecule has 1 unspecified atom stereocenters. The van der Waals surface area contributed by atoms with Crippen molar-refractivity contribution in [2.45, 2.75) is 25.9 Å². The third-order valence-electron chi connectivity index (χ3n) is 3.45. The van der Waals surface area contributed by atoms with Crippen LogP contribution in [-0.2, 0) is 16.0 Å². The lowest BCUT2D eigenvalue weighted by Gasteiger charge is -2.31. The molecule has 0 saturated carbocycles. The molecule has 1 aliphatic heterocycles. The fourth-order valence-electron chi connectivity index (χ4n) is 2.40. The van der Waals surface area contributed by atoms with E-state index in [4.69, 9.17) is 16.3 Å². The molecule has 0 N–H and O–H groups in total. The average molecular weight is 300 g/mol. The van der Waals surface area contributed by atoms with Crippen molar-refractivity contribution in [3.05, 3.63) is 34.6 Å². The number of Topliss-reactive ketones (excluding diaryl/α,β-unsaturated/α-hetero) is 1. The average Bonchev–Trinajstić information content (AvgIpc) is 2.44. The Morgan fingerprint density at radius 2 is 2.35 bits per heavy atom. The standard InChI is InChI=1S/C15H19ClFNO2/c1-2-6-18-7-8-20-14(10-18)13(19)9-11-4-3-5-12(17)15(11)16/h3-5,14H,2,6-10H2,1H3. The first-order chi connectivity index (χ1) is 9.61. The molecule has 0 aromatic heterocycles. The summed E-state index contributed by atoms with van der Waals surface area (Å²) in [6, 6.07) is 4.53. The van der Waals surface area contributed by atoms with E-state index in [1.54, 1.807) is 12.1 Å². The van der Waals surface area contributed by atoms with E-state index in [2.05, 4.69) is 11.8 Å². The smallest absolute Gasteiger partial charge is 0.167 e. The van der Waals surface area contributed by atoms with Crippen LogP contribution in [0.5, 0.6) is 0 Å². The highest BCUT2D eigenvalue weighted by atomic mass is 35.5. The predicted octanol–water partition coefficient (Wildman–Crippen LogP) is 2.70. The molecule has 0 aliphatic carbocycles. The second kappa shape index (κ2) is 7.16. The van der Waals surface area contributed by atoms with Crippen LogP contribution in [0.1, 0.15) is 18.9 Å². The fourth-order valence-corrected chi connectivity index (χ4v) is 2.60. The van der Waals surface area contributed by atoms with E-state index in [0.717, 1.165) is 19.5 Å². The number of carbonyl (C=O) groups is 1. The lowest BCUT2D eigenvalue weighted by atomic mass is 10.0. The fraction of sp³-hybridized carbons (Fsp3) is 0.533. The van der Waals surface area contributed by atoms with Crippen LogP contribution in [0.4, 0.5) is 4.39 Å². The zero-order valence-electron chi connectivity index (χ0n) is 11.6. The van der Waals surface area contributed by atoms with Crippen LogP contribution in [-0.4, -0.2) is 43.0 Å². The van der Waals surface area contributed by atoms with E-state index in [0.29, 0.717) is 18.7 Å². The van der Waals surface area contributed by atoms with E-state index in [9.17, 15) is 9.18 Å². The third-order valence-corrected chi connectivity index (χ3v) is 3.87. The van der Waals surface area contributed by atoms with Gasteiger partial charge in [0.2, 0.25) is 0 Å². The van der Waals surface area contributed by atoms with Gasteiger partial charge < -0.3 is 4.74 Å². The second-order valence-corrected chi connectivity index (χ2v) is 5.39. The first-order valence-electron chi connectivity index (χ1n) is 6.91. The minimum atomic E-state index is -0.492. The summed E-state index contributed by atoms with van der Waals surface area (Å²) in [6.07, 6.45) is 0.729. The molecule has 1 saturated heterocycles. The highest BCUT2D eigenvalue weighted by molar-refractivity contribution is 6.31. The normalized spacial score (nSPS) is 20.1. The quantitative estimate of drug-likeness (QED) is 0.837. The van der Waals surface area contributed by atoms with Crippen molar-refractivity contribution in [1.29, 1.82) is 0 Å². The van der Waals surface area contributed by atoms with Crippen molar-refractivity contribution in [3.8, 4) is 0 Å². The predicted molar refractivity (Wildman–Crippen MR) is 76.6 cm³/mol. The van der Waals surface area contributed by atoms with Gasteiger partial charge in [0, 0.05) is 19.5 Å². The Kier molecular flexibility index (Phi) is 5.52. The lowest BCUT2D eigenvalue weighted by Crippen LogP contribution is -2.46. The summed E-state index contributed by atoms with van der Waals surface area (Å²) in [5, 5.41) is 0.0297. The van der Waals surface area contributed by atoms with Gasteiger partial charge in [-0.1, -0.05) is 30.7 Å². The molecule has 110 valence electrons. The molecular formula is C15H19ClFNO2. The number of carbonyl (C=O) groups excluding carboxylic acids is 1. The van der Waals surface area contributed by atoms with Crippen LogP contribution >= 0.6 is 11.6 Å². The number of halogens is 2.